The van der Waals surface area contributed by atoms with E-state index >= 15 is 0 Å². The number of hydrogen-bond donors (Lipinski definition) is 1. The average Bonchev–Trinajstić information content (AvgIpc) is 3.39. The molecule has 1 fully saturated rings. The summed E-state index contributed by atoms with van der Waals surface area (Å²) in [5, 5.41) is 0. The van der Waals surface area contributed by atoms with Crippen molar-refractivity contribution in [3.05, 3.63) is 42.5 Å². The zero-order valence-electron chi connectivity index (χ0n) is 18.6. The first-order chi connectivity index (χ1) is 14.8. The molecule has 3 aromatic rings. The zero-order valence-corrected chi connectivity index (χ0v) is 18.6. The molecule has 0 unspecified atom stereocenters. The summed E-state index contributed by atoms with van der Waals surface area (Å²) in [5.74, 6) is 1.48. The first-order valence-electron chi connectivity index (χ1n) is 10.8. The highest BCUT2D eigenvalue weighted by Crippen LogP contribution is 2.33. The van der Waals surface area contributed by atoms with Gasteiger partial charge in [0.05, 0.1) is 24.7 Å². The van der Waals surface area contributed by atoms with Crippen molar-refractivity contribution in [1.82, 2.24) is 19.9 Å². The fraction of sp³-hybridized carbons (Fsp3) is 0.458. The quantitative estimate of drug-likeness (QED) is 0.602. The third-order valence-electron chi connectivity index (χ3n) is 5.56. The molecular formula is C24H30N4O3. The minimum absolute atomic E-state index is 0.185. The SMILES string of the molecule is COc1cc2nc(CN(C(=O)OC(C)(C)C)C3CCCC3)[nH]c2cc1-c1ccncc1. The van der Waals surface area contributed by atoms with Gasteiger partial charge in [-0.05, 0) is 57.4 Å². The van der Waals surface area contributed by atoms with Crippen LogP contribution in [0.5, 0.6) is 5.75 Å². The predicted molar refractivity (Wildman–Crippen MR) is 120 cm³/mol. The molecule has 2 heterocycles. The molecule has 0 radical (unpaired) electrons. The minimum Gasteiger partial charge on any atom is -0.496 e. The molecule has 1 amide bonds. The van der Waals surface area contributed by atoms with E-state index in [1.54, 1.807) is 19.5 Å². The van der Waals surface area contributed by atoms with Gasteiger partial charge >= 0.3 is 6.09 Å². The molecule has 1 aliphatic carbocycles. The maximum atomic E-state index is 12.9. The van der Waals surface area contributed by atoms with Gasteiger partial charge in [0.15, 0.2) is 0 Å². The number of nitrogens with one attached hydrogen (secondary N) is 1. The lowest BCUT2D eigenvalue weighted by atomic mass is 10.1. The minimum atomic E-state index is -0.533. The number of H-pyrrole nitrogens is 1. The lowest BCUT2D eigenvalue weighted by Gasteiger charge is -2.31. The first-order valence-corrected chi connectivity index (χ1v) is 10.8. The summed E-state index contributed by atoms with van der Waals surface area (Å²) in [4.78, 5) is 27.0. The van der Waals surface area contributed by atoms with Crippen LogP contribution in [0.15, 0.2) is 36.7 Å². The van der Waals surface area contributed by atoms with Crippen LogP contribution in [0.4, 0.5) is 4.79 Å². The molecule has 0 bridgehead atoms. The number of aromatic amines is 1. The van der Waals surface area contributed by atoms with Crippen molar-refractivity contribution in [2.45, 2.75) is 64.6 Å². The van der Waals surface area contributed by atoms with Crippen LogP contribution < -0.4 is 4.74 Å². The van der Waals surface area contributed by atoms with Gasteiger partial charge in [0, 0.05) is 30.1 Å². The molecule has 1 aromatic carbocycles. The van der Waals surface area contributed by atoms with Gasteiger partial charge in [-0.2, -0.15) is 0 Å². The largest absolute Gasteiger partial charge is 0.496 e. The van der Waals surface area contributed by atoms with Gasteiger partial charge in [0.2, 0.25) is 0 Å². The molecule has 1 N–H and O–H groups in total. The van der Waals surface area contributed by atoms with Crippen molar-refractivity contribution in [3.8, 4) is 16.9 Å². The average molecular weight is 423 g/mol. The van der Waals surface area contributed by atoms with E-state index < -0.39 is 5.60 Å². The summed E-state index contributed by atoms with van der Waals surface area (Å²) in [5.41, 5.74) is 3.16. The zero-order chi connectivity index (χ0) is 22.0. The summed E-state index contributed by atoms with van der Waals surface area (Å²) < 4.78 is 11.3. The predicted octanol–water partition coefficient (Wildman–Crippen LogP) is 5.31. The number of amides is 1. The highest BCUT2D eigenvalue weighted by Gasteiger charge is 2.31. The molecule has 1 saturated carbocycles. The number of carbonyl (C=O) groups is 1. The molecule has 0 atom stereocenters. The summed E-state index contributed by atoms with van der Waals surface area (Å²) in [6, 6.07) is 8.05. The summed E-state index contributed by atoms with van der Waals surface area (Å²) in [7, 11) is 1.66. The summed E-state index contributed by atoms with van der Waals surface area (Å²) in [6.07, 6.45) is 7.51. The van der Waals surface area contributed by atoms with Crippen LogP contribution in [0.1, 0.15) is 52.3 Å². The molecule has 7 nitrogen and oxygen atoms in total. The van der Waals surface area contributed by atoms with E-state index in [1.165, 1.54) is 0 Å². The monoisotopic (exact) mass is 422 g/mol. The molecule has 0 spiro atoms. The van der Waals surface area contributed by atoms with Crippen LogP contribution >= 0.6 is 0 Å². The standard InChI is InChI=1S/C24H30N4O3/c1-24(2,3)31-23(29)28(17-7-5-6-8-17)15-22-26-19-13-18(16-9-11-25-12-10-16)21(30-4)14-20(19)27-22/h9-14,17H,5-8,15H2,1-4H3,(H,26,27). The second kappa shape index (κ2) is 8.57. The van der Waals surface area contributed by atoms with Crippen molar-refractivity contribution in [3.63, 3.8) is 0 Å². The topological polar surface area (TPSA) is 80.3 Å². The fourth-order valence-electron chi connectivity index (χ4n) is 4.13. The number of ether oxygens (including phenoxy) is 2. The number of imidazole rings is 1. The van der Waals surface area contributed by atoms with Crippen molar-refractivity contribution < 1.29 is 14.3 Å². The Morgan fingerprint density at radius 2 is 1.90 bits per heavy atom. The van der Waals surface area contributed by atoms with Gasteiger partial charge in [0.25, 0.3) is 0 Å². The molecule has 0 aliphatic heterocycles. The number of pyridine rings is 1. The van der Waals surface area contributed by atoms with Crippen LogP contribution in [0.3, 0.4) is 0 Å². The van der Waals surface area contributed by atoms with E-state index in [1.807, 2.05) is 49.9 Å². The Balaban J connectivity index is 1.65. The van der Waals surface area contributed by atoms with Crippen molar-refractivity contribution >= 4 is 17.1 Å². The first kappa shape index (κ1) is 21.2. The van der Waals surface area contributed by atoms with Crippen molar-refractivity contribution in [2.24, 2.45) is 0 Å². The maximum absolute atomic E-state index is 12.9. The Bertz CT molecular complexity index is 1050. The smallest absolute Gasteiger partial charge is 0.410 e. The van der Waals surface area contributed by atoms with Gasteiger partial charge in [-0.25, -0.2) is 9.78 Å². The molecule has 4 rings (SSSR count). The van der Waals surface area contributed by atoms with Gasteiger partial charge < -0.3 is 14.5 Å². The second-order valence-corrected chi connectivity index (χ2v) is 9.04. The van der Waals surface area contributed by atoms with Gasteiger partial charge in [-0.3, -0.25) is 9.88 Å². The Labute approximate surface area is 182 Å². The molecule has 1 aliphatic rings. The van der Waals surface area contributed by atoms with E-state index in [2.05, 4.69) is 9.97 Å². The molecule has 164 valence electrons. The third kappa shape index (κ3) is 4.81. The van der Waals surface area contributed by atoms with Crippen LogP contribution in [-0.4, -0.2) is 44.7 Å². The molecule has 2 aromatic heterocycles. The maximum Gasteiger partial charge on any atom is 0.410 e. The number of carbonyl (C=O) groups excluding carboxylic acids is 1. The van der Waals surface area contributed by atoms with Crippen LogP contribution in [0.25, 0.3) is 22.2 Å². The number of rotatable bonds is 5. The Morgan fingerprint density at radius 1 is 1.19 bits per heavy atom. The second-order valence-electron chi connectivity index (χ2n) is 9.04. The molecule has 31 heavy (non-hydrogen) atoms. The highest BCUT2D eigenvalue weighted by atomic mass is 16.6. The van der Waals surface area contributed by atoms with Gasteiger partial charge in [-0.15, -0.1) is 0 Å². The van der Waals surface area contributed by atoms with Gasteiger partial charge in [-0.1, -0.05) is 12.8 Å². The molecular weight excluding hydrogens is 392 g/mol. The molecule has 7 heteroatoms. The lowest BCUT2D eigenvalue weighted by Crippen LogP contribution is -2.42. The van der Waals surface area contributed by atoms with Crippen molar-refractivity contribution in [2.75, 3.05) is 7.11 Å². The highest BCUT2D eigenvalue weighted by molar-refractivity contribution is 5.86. The Hall–Kier alpha value is -3.09. The van der Waals surface area contributed by atoms with Gasteiger partial charge in [0.1, 0.15) is 17.2 Å². The van der Waals surface area contributed by atoms with Crippen LogP contribution in [0, 0.1) is 0 Å². The van der Waals surface area contributed by atoms with E-state index in [4.69, 9.17) is 14.5 Å². The third-order valence-corrected chi connectivity index (χ3v) is 5.56. The number of methoxy groups -OCH3 is 1. The number of fused-ring (bicyclic) bond motifs is 1. The van der Waals surface area contributed by atoms with E-state index in [9.17, 15) is 4.79 Å². The van der Waals surface area contributed by atoms with Crippen LogP contribution in [-0.2, 0) is 11.3 Å². The Morgan fingerprint density at radius 3 is 2.55 bits per heavy atom. The number of nitrogens with zero attached hydrogens (tertiary/aromatic N) is 3. The summed E-state index contributed by atoms with van der Waals surface area (Å²) in [6.45, 7) is 6.07. The Kier molecular flexibility index (Phi) is 5.85. The van der Waals surface area contributed by atoms with E-state index in [0.29, 0.717) is 6.54 Å². The normalized spacial score (nSPS) is 14.7. The fourth-order valence-corrected chi connectivity index (χ4v) is 4.13. The number of benzene rings is 1. The number of hydrogen-bond acceptors (Lipinski definition) is 5. The van der Waals surface area contributed by atoms with Crippen LogP contribution in [0.2, 0.25) is 0 Å². The summed E-state index contributed by atoms with van der Waals surface area (Å²) >= 11 is 0. The lowest BCUT2D eigenvalue weighted by molar-refractivity contribution is 0.0139. The van der Waals surface area contributed by atoms with E-state index in [-0.39, 0.29) is 12.1 Å². The molecule has 0 saturated heterocycles. The van der Waals surface area contributed by atoms with E-state index in [0.717, 1.165) is 59.4 Å². The number of aromatic nitrogens is 3. The van der Waals surface area contributed by atoms with Crippen molar-refractivity contribution in [1.29, 1.82) is 0 Å².